The van der Waals surface area contributed by atoms with E-state index in [1.165, 1.54) is 17.5 Å². The van der Waals surface area contributed by atoms with Crippen LogP contribution >= 0.6 is 0 Å². The van der Waals surface area contributed by atoms with Gasteiger partial charge in [-0.25, -0.2) is 0 Å². The normalized spacial score (nSPS) is 17.4. The highest BCUT2D eigenvalue weighted by molar-refractivity contribution is 5.93. The molecule has 4 heteroatoms. The van der Waals surface area contributed by atoms with E-state index in [2.05, 4.69) is 49.3 Å². The topological polar surface area (TPSA) is 45.2 Å². The minimum absolute atomic E-state index is 0.0525. The molecule has 4 nitrogen and oxygen atoms in total. The molecule has 1 aromatic heterocycles. The second-order valence-corrected chi connectivity index (χ2v) is 6.88. The molecule has 2 aromatic rings. The second-order valence-electron chi connectivity index (χ2n) is 6.88. The first kappa shape index (κ1) is 17.5. The average Bonchev–Trinajstić information content (AvgIpc) is 2.64. The van der Waals surface area contributed by atoms with E-state index in [9.17, 15) is 4.79 Å². The molecule has 0 saturated carbocycles. The molecule has 0 spiro atoms. The molecular weight excluding hydrogens is 310 g/mol. The fourth-order valence-corrected chi connectivity index (χ4v) is 3.62. The summed E-state index contributed by atoms with van der Waals surface area (Å²) in [7, 11) is 0. The Kier molecular flexibility index (Phi) is 5.37. The number of carbonyl (C=O) groups excluding carboxylic acids is 1. The molecule has 132 valence electrons. The van der Waals surface area contributed by atoms with Crippen molar-refractivity contribution >= 4 is 17.3 Å². The molecule has 0 bridgehead atoms. The van der Waals surface area contributed by atoms with Gasteiger partial charge in [0.15, 0.2) is 0 Å². The number of aromatic nitrogens is 1. The van der Waals surface area contributed by atoms with Gasteiger partial charge >= 0.3 is 0 Å². The van der Waals surface area contributed by atoms with Crippen molar-refractivity contribution in [2.45, 2.75) is 52.5 Å². The lowest BCUT2D eigenvalue weighted by Gasteiger charge is -2.35. The van der Waals surface area contributed by atoms with Gasteiger partial charge in [-0.2, -0.15) is 0 Å². The molecule has 1 N–H and O–H groups in total. The van der Waals surface area contributed by atoms with Crippen LogP contribution in [0.15, 0.2) is 36.5 Å². The lowest BCUT2D eigenvalue weighted by Crippen LogP contribution is -2.43. The average molecular weight is 337 g/mol. The summed E-state index contributed by atoms with van der Waals surface area (Å²) in [5.74, 6) is 0.0525. The first-order valence-corrected chi connectivity index (χ1v) is 9.20. The molecule has 1 unspecified atom stereocenters. The minimum Gasteiger partial charge on any atom is -0.355 e. The van der Waals surface area contributed by atoms with Crippen LogP contribution in [0, 0.1) is 13.8 Å². The zero-order chi connectivity index (χ0) is 17.8. The van der Waals surface area contributed by atoms with E-state index in [0.717, 1.165) is 37.2 Å². The van der Waals surface area contributed by atoms with Gasteiger partial charge in [-0.3, -0.25) is 9.78 Å². The zero-order valence-corrected chi connectivity index (χ0v) is 15.4. The van der Waals surface area contributed by atoms with Crippen LogP contribution in [0.4, 0.5) is 11.4 Å². The third-order valence-electron chi connectivity index (χ3n) is 5.09. The number of anilines is 2. The summed E-state index contributed by atoms with van der Waals surface area (Å²) in [5.41, 5.74) is 4.90. The lowest BCUT2D eigenvalue weighted by atomic mass is 9.99. The second kappa shape index (κ2) is 7.68. The summed E-state index contributed by atoms with van der Waals surface area (Å²) in [6.45, 7) is 7.17. The van der Waals surface area contributed by atoms with Gasteiger partial charge in [0, 0.05) is 30.2 Å². The molecule has 1 aliphatic heterocycles. The maximum atomic E-state index is 12.9. The number of aryl methyl sites for hydroxylation is 2. The monoisotopic (exact) mass is 337 g/mol. The van der Waals surface area contributed by atoms with Gasteiger partial charge in [0.05, 0.1) is 0 Å². The highest BCUT2D eigenvalue weighted by atomic mass is 16.2. The number of hydrogen-bond donors (Lipinski definition) is 1. The van der Waals surface area contributed by atoms with Crippen LogP contribution in [0.1, 0.15) is 54.2 Å². The van der Waals surface area contributed by atoms with Gasteiger partial charge in [0.2, 0.25) is 0 Å². The molecule has 1 atom stereocenters. The number of nitrogens with one attached hydrogen (secondary N) is 1. The van der Waals surface area contributed by atoms with Crippen molar-refractivity contribution < 1.29 is 4.79 Å². The highest BCUT2D eigenvalue weighted by Gasteiger charge is 2.27. The fraction of sp³-hybridized carbons (Fsp3) is 0.429. The van der Waals surface area contributed by atoms with Gasteiger partial charge in [-0.15, -0.1) is 0 Å². The Hall–Kier alpha value is -2.36. The number of likely N-dealkylation sites (tertiary alicyclic amines) is 1. The molecule has 1 aliphatic rings. The third-order valence-corrected chi connectivity index (χ3v) is 5.09. The van der Waals surface area contributed by atoms with Crippen LogP contribution in [-0.2, 0) is 0 Å². The fourth-order valence-electron chi connectivity index (χ4n) is 3.62. The Bertz CT molecular complexity index is 736. The molecule has 1 saturated heterocycles. The Balaban J connectivity index is 1.82. The predicted octanol–water partition coefficient (Wildman–Crippen LogP) is 4.85. The SMILES string of the molecule is CCC1CCCCN1C(=O)c1cc(Nc2c(C)cccc2C)ccn1. The Morgan fingerprint density at radius 1 is 1.24 bits per heavy atom. The summed E-state index contributed by atoms with van der Waals surface area (Å²) >= 11 is 0. The molecule has 0 radical (unpaired) electrons. The van der Waals surface area contributed by atoms with Gasteiger partial charge in [0.25, 0.3) is 5.91 Å². The predicted molar refractivity (Wildman–Crippen MR) is 102 cm³/mol. The van der Waals surface area contributed by atoms with Crippen molar-refractivity contribution in [2.24, 2.45) is 0 Å². The summed E-state index contributed by atoms with van der Waals surface area (Å²) < 4.78 is 0. The molecule has 1 aromatic carbocycles. The van der Waals surface area contributed by atoms with E-state index in [1.807, 2.05) is 17.0 Å². The Labute approximate surface area is 150 Å². The number of piperidine rings is 1. The van der Waals surface area contributed by atoms with Crippen LogP contribution in [0.5, 0.6) is 0 Å². The number of carbonyl (C=O) groups is 1. The van der Waals surface area contributed by atoms with Crippen molar-refractivity contribution in [3.63, 3.8) is 0 Å². The zero-order valence-electron chi connectivity index (χ0n) is 15.4. The van der Waals surface area contributed by atoms with Crippen LogP contribution in [0.2, 0.25) is 0 Å². The van der Waals surface area contributed by atoms with Crippen LogP contribution in [0.3, 0.4) is 0 Å². The number of nitrogens with zero attached hydrogens (tertiary/aromatic N) is 2. The van der Waals surface area contributed by atoms with Crippen molar-refractivity contribution in [2.75, 3.05) is 11.9 Å². The Morgan fingerprint density at radius 3 is 2.72 bits per heavy atom. The summed E-state index contributed by atoms with van der Waals surface area (Å²) in [5, 5.41) is 3.45. The lowest BCUT2D eigenvalue weighted by molar-refractivity contribution is 0.0602. The number of rotatable bonds is 4. The van der Waals surface area contributed by atoms with Crippen molar-refractivity contribution in [3.05, 3.63) is 53.3 Å². The van der Waals surface area contributed by atoms with Gasteiger partial charge in [-0.1, -0.05) is 25.1 Å². The van der Waals surface area contributed by atoms with E-state index in [-0.39, 0.29) is 5.91 Å². The Morgan fingerprint density at radius 2 is 2.00 bits per heavy atom. The first-order valence-electron chi connectivity index (χ1n) is 9.20. The largest absolute Gasteiger partial charge is 0.355 e. The number of benzene rings is 1. The number of pyridine rings is 1. The maximum Gasteiger partial charge on any atom is 0.272 e. The van der Waals surface area contributed by atoms with Gasteiger partial charge in [0.1, 0.15) is 5.69 Å². The number of amides is 1. The smallest absolute Gasteiger partial charge is 0.272 e. The molecular formula is C21H27N3O. The third kappa shape index (κ3) is 3.84. The summed E-state index contributed by atoms with van der Waals surface area (Å²) in [6, 6.07) is 10.4. The summed E-state index contributed by atoms with van der Waals surface area (Å²) in [4.78, 5) is 19.3. The van der Waals surface area contributed by atoms with Gasteiger partial charge in [-0.05, 0) is 62.8 Å². The van der Waals surface area contributed by atoms with Crippen LogP contribution in [0.25, 0.3) is 0 Å². The molecule has 2 heterocycles. The highest BCUT2D eigenvalue weighted by Crippen LogP contribution is 2.26. The molecule has 1 fully saturated rings. The van der Waals surface area contributed by atoms with E-state index in [1.54, 1.807) is 6.20 Å². The van der Waals surface area contributed by atoms with E-state index in [0.29, 0.717) is 11.7 Å². The molecule has 0 aliphatic carbocycles. The number of para-hydroxylation sites is 1. The standard InChI is InChI=1S/C21H27N3O/c1-4-18-10-5-6-13-24(18)21(25)19-14-17(11-12-22-19)23-20-15(2)8-7-9-16(20)3/h7-9,11-12,14,18H,4-6,10,13H2,1-3H3,(H,22,23). The van der Waals surface area contributed by atoms with Crippen LogP contribution in [-0.4, -0.2) is 28.4 Å². The number of hydrogen-bond acceptors (Lipinski definition) is 3. The van der Waals surface area contributed by atoms with Crippen LogP contribution < -0.4 is 5.32 Å². The van der Waals surface area contributed by atoms with Crippen molar-refractivity contribution in [3.8, 4) is 0 Å². The van der Waals surface area contributed by atoms with Gasteiger partial charge < -0.3 is 10.2 Å². The van der Waals surface area contributed by atoms with Crippen molar-refractivity contribution in [1.29, 1.82) is 0 Å². The van der Waals surface area contributed by atoms with Crippen molar-refractivity contribution in [1.82, 2.24) is 9.88 Å². The minimum atomic E-state index is 0.0525. The molecule has 1 amide bonds. The van der Waals surface area contributed by atoms with E-state index >= 15 is 0 Å². The molecule has 25 heavy (non-hydrogen) atoms. The summed E-state index contributed by atoms with van der Waals surface area (Å²) in [6.07, 6.45) is 6.12. The van der Waals surface area contributed by atoms with E-state index in [4.69, 9.17) is 0 Å². The molecule has 3 rings (SSSR count). The quantitative estimate of drug-likeness (QED) is 0.867. The maximum absolute atomic E-state index is 12.9. The first-order chi connectivity index (χ1) is 12.1. The van der Waals surface area contributed by atoms with E-state index < -0.39 is 0 Å².